The summed E-state index contributed by atoms with van der Waals surface area (Å²) < 4.78 is 13.1. The lowest BCUT2D eigenvalue weighted by Gasteiger charge is -2.14. The van der Waals surface area contributed by atoms with Crippen LogP contribution in [0.1, 0.15) is 5.56 Å². The summed E-state index contributed by atoms with van der Waals surface area (Å²) in [6.45, 7) is 0.134. The number of rotatable bonds is 6. The number of carbonyl (C=O) groups is 2. The van der Waals surface area contributed by atoms with Crippen LogP contribution in [-0.4, -0.2) is 32.0 Å². The van der Waals surface area contributed by atoms with Gasteiger partial charge in [0.25, 0.3) is 11.8 Å². The predicted octanol–water partition coefficient (Wildman–Crippen LogP) is 0.789. The smallest absolute Gasteiger partial charge is 0.279 e. The highest BCUT2D eigenvalue weighted by molar-refractivity contribution is 5.93. The van der Waals surface area contributed by atoms with Gasteiger partial charge in [0.05, 0.1) is 18.7 Å². The first-order valence-corrected chi connectivity index (χ1v) is 7.63. The van der Waals surface area contributed by atoms with E-state index in [9.17, 15) is 14.0 Å². The molecule has 2 rings (SSSR count). The van der Waals surface area contributed by atoms with Crippen LogP contribution in [0.15, 0.2) is 48.5 Å². The van der Waals surface area contributed by atoms with Gasteiger partial charge in [-0.2, -0.15) is 5.26 Å². The van der Waals surface area contributed by atoms with Crippen LogP contribution >= 0.6 is 0 Å². The minimum atomic E-state index is -0.433. The summed E-state index contributed by atoms with van der Waals surface area (Å²) >= 11 is 0. The lowest BCUT2D eigenvalue weighted by Crippen LogP contribution is -3.11. The second kappa shape index (κ2) is 8.57. The number of benzene rings is 2. The largest absolute Gasteiger partial charge is 0.322 e. The van der Waals surface area contributed by atoms with E-state index >= 15 is 0 Å². The highest BCUT2D eigenvalue weighted by atomic mass is 19.1. The molecule has 1 unspecified atom stereocenters. The van der Waals surface area contributed by atoms with E-state index in [0.29, 0.717) is 21.8 Å². The van der Waals surface area contributed by atoms with Crippen molar-refractivity contribution in [3.05, 3.63) is 59.9 Å². The Kier molecular flexibility index (Phi) is 6.20. The first kappa shape index (κ1) is 18.1. The number of nitriles is 1. The quantitative estimate of drug-likeness (QED) is 0.726. The number of nitrogens with one attached hydrogen (secondary N) is 3. The van der Waals surface area contributed by atoms with Gasteiger partial charge < -0.3 is 15.5 Å². The van der Waals surface area contributed by atoms with E-state index in [-0.39, 0.29) is 24.9 Å². The minimum Gasteiger partial charge on any atom is -0.322 e. The summed E-state index contributed by atoms with van der Waals surface area (Å²) in [6.07, 6.45) is 0. The van der Waals surface area contributed by atoms with Crippen molar-refractivity contribution >= 4 is 23.2 Å². The molecule has 1 atom stereocenters. The molecule has 0 radical (unpaired) electrons. The van der Waals surface area contributed by atoms with Gasteiger partial charge in [0.2, 0.25) is 0 Å². The number of hydrogen-bond acceptors (Lipinski definition) is 3. The maximum atomic E-state index is 13.1. The molecule has 0 fully saturated rings. The zero-order valence-electron chi connectivity index (χ0n) is 13.7. The van der Waals surface area contributed by atoms with E-state index in [0.717, 1.165) is 0 Å². The average molecular weight is 341 g/mol. The summed E-state index contributed by atoms with van der Waals surface area (Å²) in [7, 11) is 1.70. The molecule has 2 aromatic rings. The van der Waals surface area contributed by atoms with Gasteiger partial charge in [-0.15, -0.1) is 0 Å². The molecule has 0 saturated carbocycles. The molecule has 0 aromatic heterocycles. The number of quaternary nitrogens is 1. The topological polar surface area (TPSA) is 86.4 Å². The van der Waals surface area contributed by atoms with Crippen LogP contribution in [0, 0.1) is 17.1 Å². The van der Waals surface area contributed by atoms with Crippen molar-refractivity contribution in [1.29, 1.82) is 5.26 Å². The van der Waals surface area contributed by atoms with E-state index in [1.807, 2.05) is 6.07 Å². The van der Waals surface area contributed by atoms with E-state index in [4.69, 9.17) is 5.26 Å². The van der Waals surface area contributed by atoms with Crippen LogP contribution in [0.5, 0.6) is 0 Å². The lowest BCUT2D eigenvalue weighted by molar-refractivity contribution is -0.862. The molecule has 7 heteroatoms. The van der Waals surface area contributed by atoms with Gasteiger partial charge in [0, 0.05) is 11.4 Å². The van der Waals surface area contributed by atoms with Gasteiger partial charge in [0.15, 0.2) is 13.1 Å². The minimum absolute atomic E-state index is 0.0577. The van der Waals surface area contributed by atoms with E-state index < -0.39 is 5.82 Å². The molecule has 2 amide bonds. The molecule has 0 saturated heterocycles. The fraction of sp³-hybridized carbons (Fsp3) is 0.167. The van der Waals surface area contributed by atoms with Crippen LogP contribution < -0.4 is 15.5 Å². The van der Waals surface area contributed by atoms with Crippen molar-refractivity contribution in [2.24, 2.45) is 0 Å². The zero-order valence-corrected chi connectivity index (χ0v) is 13.7. The van der Waals surface area contributed by atoms with Gasteiger partial charge in [-0.3, -0.25) is 9.59 Å². The molecule has 25 heavy (non-hydrogen) atoms. The SMILES string of the molecule is C[NH+](CC(=O)Nc1cccc(F)c1)CC(=O)Nc1cccc(C#N)c1. The summed E-state index contributed by atoms with van der Waals surface area (Å²) in [5, 5.41) is 14.1. The van der Waals surface area contributed by atoms with Crippen LogP contribution in [-0.2, 0) is 9.59 Å². The summed E-state index contributed by atoms with van der Waals surface area (Å²) in [4.78, 5) is 24.6. The molecule has 6 nitrogen and oxygen atoms in total. The van der Waals surface area contributed by atoms with Crippen LogP contribution in [0.25, 0.3) is 0 Å². The number of likely N-dealkylation sites (N-methyl/N-ethyl adjacent to an activating group) is 1. The molecule has 2 aromatic carbocycles. The summed E-state index contributed by atoms with van der Waals surface area (Å²) in [5.41, 5.74) is 1.35. The number of amides is 2. The predicted molar refractivity (Wildman–Crippen MR) is 91.4 cm³/mol. The second-order valence-corrected chi connectivity index (χ2v) is 5.61. The molecule has 0 aliphatic rings. The normalized spacial score (nSPS) is 11.2. The number of nitrogens with zero attached hydrogens (tertiary/aromatic N) is 1. The summed E-state index contributed by atoms with van der Waals surface area (Å²) in [6, 6.07) is 14.2. The molecule has 0 heterocycles. The Morgan fingerprint density at radius 1 is 1.04 bits per heavy atom. The van der Waals surface area contributed by atoms with Crippen molar-refractivity contribution in [3.63, 3.8) is 0 Å². The van der Waals surface area contributed by atoms with Crippen molar-refractivity contribution in [2.45, 2.75) is 0 Å². The molecule has 128 valence electrons. The Bertz CT molecular complexity index is 817. The van der Waals surface area contributed by atoms with Crippen molar-refractivity contribution in [3.8, 4) is 6.07 Å². The van der Waals surface area contributed by atoms with Crippen molar-refractivity contribution in [1.82, 2.24) is 0 Å². The van der Waals surface area contributed by atoms with Gasteiger partial charge >= 0.3 is 0 Å². The Hall–Kier alpha value is -3.24. The third-order valence-electron chi connectivity index (χ3n) is 3.31. The van der Waals surface area contributed by atoms with Gasteiger partial charge in [-0.25, -0.2) is 4.39 Å². The Balaban J connectivity index is 1.82. The summed E-state index contributed by atoms with van der Waals surface area (Å²) in [5.74, 6) is -1.02. The first-order valence-electron chi connectivity index (χ1n) is 7.63. The zero-order chi connectivity index (χ0) is 18.2. The standard InChI is InChI=1S/C18H17FN4O2/c1-23(12-18(25)22-16-7-3-5-14(19)9-16)11-17(24)21-15-6-2-4-13(8-15)10-20/h2-9H,11-12H2,1H3,(H,21,24)(H,22,25)/p+1. The average Bonchev–Trinajstić information content (AvgIpc) is 2.54. The van der Waals surface area contributed by atoms with Crippen LogP contribution in [0.3, 0.4) is 0 Å². The first-order chi connectivity index (χ1) is 12.0. The highest BCUT2D eigenvalue weighted by Gasteiger charge is 2.14. The number of halogens is 1. The maximum absolute atomic E-state index is 13.1. The van der Waals surface area contributed by atoms with Gasteiger partial charge in [-0.05, 0) is 36.4 Å². The molecule has 0 bridgehead atoms. The second-order valence-electron chi connectivity index (χ2n) is 5.61. The lowest BCUT2D eigenvalue weighted by atomic mass is 10.2. The van der Waals surface area contributed by atoms with Gasteiger partial charge in [-0.1, -0.05) is 12.1 Å². The third-order valence-corrected chi connectivity index (χ3v) is 3.31. The number of hydrogen-bond donors (Lipinski definition) is 3. The van der Waals surface area contributed by atoms with E-state index in [2.05, 4.69) is 10.6 Å². The van der Waals surface area contributed by atoms with E-state index in [1.165, 1.54) is 18.2 Å². The van der Waals surface area contributed by atoms with Crippen LogP contribution in [0.2, 0.25) is 0 Å². The van der Waals surface area contributed by atoms with Crippen molar-refractivity contribution in [2.75, 3.05) is 30.8 Å². The highest BCUT2D eigenvalue weighted by Crippen LogP contribution is 2.09. The fourth-order valence-electron chi connectivity index (χ4n) is 2.25. The Morgan fingerprint density at radius 3 is 2.16 bits per heavy atom. The van der Waals surface area contributed by atoms with E-state index in [1.54, 1.807) is 37.4 Å². The number of carbonyl (C=O) groups excluding carboxylic acids is 2. The maximum Gasteiger partial charge on any atom is 0.279 e. The fourth-order valence-corrected chi connectivity index (χ4v) is 2.25. The van der Waals surface area contributed by atoms with Crippen molar-refractivity contribution < 1.29 is 18.9 Å². The van der Waals surface area contributed by atoms with Gasteiger partial charge in [0.1, 0.15) is 5.82 Å². The molecule has 0 spiro atoms. The molecule has 0 aliphatic heterocycles. The van der Waals surface area contributed by atoms with Crippen LogP contribution in [0.4, 0.5) is 15.8 Å². The molecule has 3 N–H and O–H groups in total. The number of anilines is 2. The third kappa shape index (κ3) is 6.05. The Labute approximate surface area is 144 Å². The molecular weight excluding hydrogens is 323 g/mol. The molecular formula is C18H18FN4O2+. The molecule has 0 aliphatic carbocycles. The Morgan fingerprint density at radius 2 is 1.60 bits per heavy atom. The monoisotopic (exact) mass is 341 g/mol.